The average Bonchev–Trinajstić information content (AvgIpc) is 2.62. The van der Waals surface area contributed by atoms with Crippen LogP contribution in [0.25, 0.3) is 0 Å². The largest absolute Gasteiger partial charge is 0.350 e. The van der Waals surface area contributed by atoms with Crippen LogP contribution in [0, 0.1) is 0 Å². The van der Waals surface area contributed by atoms with E-state index in [0.29, 0.717) is 13.1 Å². The fourth-order valence-electron chi connectivity index (χ4n) is 3.20. The molecule has 1 unspecified atom stereocenters. The van der Waals surface area contributed by atoms with Gasteiger partial charge >= 0.3 is 0 Å². The predicted octanol–water partition coefficient (Wildman–Crippen LogP) is 3.56. The molecule has 0 aliphatic carbocycles. The SMILES string of the molecule is CCCCCC(C)NC(=O)c1ccccc1S(=O)(=O)N1CCCCC1. The summed E-state index contributed by atoms with van der Waals surface area (Å²) in [6, 6.07) is 6.57. The number of hydrogen-bond donors (Lipinski definition) is 1. The molecule has 6 heteroatoms. The molecule has 1 amide bonds. The van der Waals surface area contributed by atoms with Crippen molar-refractivity contribution in [3.8, 4) is 0 Å². The van der Waals surface area contributed by atoms with Crippen molar-refractivity contribution in [3.63, 3.8) is 0 Å². The lowest BCUT2D eigenvalue weighted by atomic mass is 10.1. The standard InChI is InChI=1S/C19H30N2O3S/c1-3-4-6-11-16(2)20-19(22)17-12-7-8-13-18(17)25(23,24)21-14-9-5-10-15-21/h7-8,12-13,16H,3-6,9-11,14-15H2,1-2H3,(H,20,22). The molecular formula is C19H30N2O3S. The summed E-state index contributed by atoms with van der Waals surface area (Å²) in [6.45, 7) is 5.18. The number of benzene rings is 1. The van der Waals surface area contributed by atoms with Gasteiger partial charge in [0.25, 0.3) is 5.91 Å². The van der Waals surface area contributed by atoms with Crippen LogP contribution in [0.2, 0.25) is 0 Å². The summed E-state index contributed by atoms with van der Waals surface area (Å²) in [6.07, 6.45) is 7.05. The second-order valence-electron chi connectivity index (χ2n) is 6.83. The fraction of sp³-hybridized carbons (Fsp3) is 0.632. The van der Waals surface area contributed by atoms with Crippen LogP contribution in [-0.2, 0) is 10.0 Å². The Morgan fingerprint density at radius 3 is 2.52 bits per heavy atom. The maximum absolute atomic E-state index is 13.0. The summed E-state index contributed by atoms with van der Waals surface area (Å²) < 4.78 is 27.4. The number of piperidine rings is 1. The molecule has 1 aromatic rings. The van der Waals surface area contributed by atoms with Crippen molar-refractivity contribution in [2.75, 3.05) is 13.1 Å². The third-order valence-corrected chi connectivity index (χ3v) is 6.64. The number of hydrogen-bond acceptors (Lipinski definition) is 3. The molecule has 1 fully saturated rings. The number of amides is 1. The zero-order valence-corrected chi connectivity index (χ0v) is 16.1. The van der Waals surface area contributed by atoms with Crippen molar-refractivity contribution in [2.24, 2.45) is 0 Å². The van der Waals surface area contributed by atoms with E-state index in [-0.39, 0.29) is 22.4 Å². The molecule has 1 aliphatic heterocycles. The molecule has 0 saturated carbocycles. The van der Waals surface area contributed by atoms with Gasteiger partial charge in [0.2, 0.25) is 10.0 Å². The molecule has 5 nitrogen and oxygen atoms in total. The first kappa shape index (κ1) is 19.9. The first-order valence-corrected chi connectivity index (χ1v) is 10.8. The van der Waals surface area contributed by atoms with Crippen LogP contribution in [0.4, 0.5) is 0 Å². The molecule has 0 radical (unpaired) electrons. The van der Waals surface area contributed by atoms with Gasteiger partial charge in [-0.1, -0.05) is 44.7 Å². The van der Waals surface area contributed by atoms with Gasteiger partial charge in [0.05, 0.1) is 10.5 Å². The predicted molar refractivity (Wildman–Crippen MR) is 100 cm³/mol. The van der Waals surface area contributed by atoms with E-state index in [1.807, 2.05) is 6.92 Å². The van der Waals surface area contributed by atoms with Crippen LogP contribution in [0.5, 0.6) is 0 Å². The monoisotopic (exact) mass is 366 g/mol. The number of carbonyl (C=O) groups is 1. The zero-order valence-electron chi connectivity index (χ0n) is 15.3. The van der Waals surface area contributed by atoms with Crippen molar-refractivity contribution in [1.29, 1.82) is 0 Å². The maximum Gasteiger partial charge on any atom is 0.252 e. The Kier molecular flexibility index (Phi) is 7.44. The lowest BCUT2D eigenvalue weighted by Crippen LogP contribution is -2.38. The van der Waals surface area contributed by atoms with Crippen LogP contribution in [0.15, 0.2) is 29.2 Å². The number of carbonyl (C=O) groups excluding carboxylic acids is 1. The summed E-state index contributed by atoms with van der Waals surface area (Å²) in [4.78, 5) is 12.8. The second kappa shape index (κ2) is 9.34. The van der Waals surface area contributed by atoms with E-state index < -0.39 is 10.0 Å². The van der Waals surface area contributed by atoms with Gasteiger partial charge in [0, 0.05) is 19.1 Å². The van der Waals surface area contributed by atoms with Gasteiger partial charge in [-0.2, -0.15) is 4.31 Å². The normalized spacial score (nSPS) is 17.2. The highest BCUT2D eigenvalue weighted by atomic mass is 32.2. The molecule has 1 aliphatic rings. The average molecular weight is 367 g/mol. The minimum atomic E-state index is -3.62. The molecule has 1 N–H and O–H groups in total. The Morgan fingerprint density at radius 1 is 1.16 bits per heavy atom. The van der Waals surface area contributed by atoms with Gasteiger partial charge in [0.1, 0.15) is 0 Å². The van der Waals surface area contributed by atoms with Gasteiger partial charge in [-0.15, -0.1) is 0 Å². The highest BCUT2D eigenvalue weighted by molar-refractivity contribution is 7.89. The minimum Gasteiger partial charge on any atom is -0.350 e. The van der Waals surface area contributed by atoms with Gasteiger partial charge < -0.3 is 5.32 Å². The number of unbranched alkanes of at least 4 members (excludes halogenated alkanes) is 2. The summed E-state index contributed by atoms with van der Waals surface area (Å²) in [5.41, 5.74) is 0.246. The molecule has 0 aromatic heterocycles. The van der Waals surface area contributed by atoms with E-state index in [2.05, 4.69) is 12.2 Å². The van der Waals surface area contributed by atoms with Crippen LogP contribution in [0.1, 0.15) is 69.2 Å². The molecule has 0 bridgehead atoms. The second-order valence-corrected chi connectivity index (χ2v) is 8.74. The van der Waals surface area contributed by atoms with E-state index in [9.17, 15) is 13.2 Å². The van der Waals surface area contributed by atoms with Crippen molar-refractivity contribution < 1.29 is 13.2 Å². The summed E-state index contributed by atoms with van der Waals surface area (Å²) in [5, 5.41) is 2.95. The van der Waals surface area contributed by atoms with Gasteiger partial charge in [-0.3, -0.25) is 4.79 Å². The Bertz CT molecular complexity index is 667. The molecular weight excluding hydrogens is 336 g/mol. The molecule has 0 spiro atoms. The van der Waals surface area contributed by atoms with E-state index >= 15 is 0 Å². The third kappa shape index (κ3) is 5.28. The van der Waals surface area contributed by atoms with Gasteiger partial charge in [0.15, 0.2) is 0 Å². The fourth-order valence-corrected chi connectivity index (χ4v) is 4.90. The van der Waals surface area contributed by atoms with Gasteiger partial charge in [-0.25, -0.2) is 8.42 Å². The minimum absolute atomic E-state index is 0.0322. The molecule has 140 valence electrons. The molecule has 1 heterocycles. The van der Waals surface area contributed by atoms with Crippen LogP contribution in [-0.4, -0.2) is 37.8 Å². The summed E-state index contributed by atoms with van der Waals surface area (Å²) >= 11 is 0. The van der Waals surface area contributed by atoms with Crippen molar-refractivity contribution in [3.05, 3.63) is 29.8 Å². The highest BCUT2D eigenvalue weighted by Gasteiger charge is 2.29. The van der Waals surface area contributed by atoms with E-state index in [0.717, 1.165) is 44.9 Å². The smallest absolute Gasteiger partial charge is 0.252 e. The van der Waals surface area contributed by atoms with Crippen LogP contribution < -0.4 is 5.32 Å². The van der Waals surface area contributed by atoms with Crippen LogP contribution in [0.3, 0.4) is 0 Å². The molecule has 1 aromatic carbocycles. The van der Waals surface area contributed by atoms with Crippen molar-refractivity contribution in [2.45, 2.75) is 69.7 Å². The first-order valence-electron chi connectivity index (χ1n) is 9.37. The third-order valence-electron chi connectivity index (χ3n) is 4.68. The first-order chi connectivity index (χ1) is 12.0. The van der Waals surface area contributed by atoms with Gasteiger partial charge in [-0.05, 0) is 38.3 Å². The van der Waals surface area contributed by atoms with E-state index in [1.165, 1.54) is 4.31 Å². The number of sulfonamides is 1. The Morgan fingerprint density at radius 2 is 1.84 bits per heavy atom. The van der Waals surface area contributed by atoms with E-state index in [1.54, 1.807) is 24.3 Å². The lowest BCUT2D eigenvalue weighted by Gasteiger charge is -2.26. The van der Waals surface area contributed by atoms with Crippen molar-refractivity contribution >= 4 is 15.9 Å². The molecule has 25 heavy (non-hydrogen) atoms. The van der Waals surface area contributed by atoms with E-state index in [4.69, 9.17) is 0 Å². The summed E-state index contributed by atoms with van der Waals surface area (Å²) in [7, 11) is -3.62. The topological polar surface area (TPSA) is 66.5 Å². The molecule has 1 saturated heterocycles. The van der Waals surface area contributed by atoms with Crippen molar-refractivity contribution in [1.82, 2.24) is 9.62 Å². The number of rotatable bonds is 8. The molecule has 2 rings (SSSR count). The lowest BCUT2D eigenvalue weighted by molar-refractivity contribution is 0.0934. The Hall–Kier alpha value is -1.40. The Balaban J connectivity index is 2.15. The zero-order chi connectivity index (χ0) is 18.3. The molecule has 1 atom stereocenters. The quantitative estimate of drug-likeness (QED) is 0.715. The van der Waals surface area contributed by atoms with Crippen LogP contribution >= 0.6 is 0 Å². The number of nitrogens with one attached hydrogen (secondary N) is 1. The number of nitrogens with zero attached hydrogens (tertiary/aromatic N) is 1. The highest BCUT2D eigenvalue weighted by Crippen LogP contribution is 2.23. The maximum atomic E-state index is 13.0. The summed E-state index contributed by atoms with van der Waals surface area (Å²) in [5.74, 6) is -0.305. The Labute approximate surface area is 151 Å².